The summed E-state index contributed by atoms with van der Waals surface area (Å²) in [6.45, 7) is 0.681. The Hall–Kier alpha value is -2.93. The van der Waals surface area contributed by atoms with Crippen LogP contribution in [0.4, 0.5) is 5.95 Å². The van der Waals surface area contributed by atoms with Crippen LogP contribution >= 0.6 is 11.6 Å². The minimum Gasteiger partial charge on any atom is -0.356 e. The van der Waals surface area contributed by atoms with Crippen LogP contribution in [-0.4, -0.2) is 26.5 Å². The van der Waals surface area contributed by atoms with Crippen LogP contribution in [0.1, 0.15) is 29.7 Å². The number of anilines is 1. The van der Waals surface area contributed by atoms with Crippen molar-refractivity contribution in [1.82, 2.24) is 19.9 Å². The molecule has 0 saturated carbocycles. The van der Waals surface area contributed by atoms with E-state index in [1.54, 1.807) is 18.5 Å². The average Bonchev–Trinajstić information content (AvgIpc) is 2.65. The number of aromatic amines is 2. The maximum absolute atomic E-state index is 12.2. The predicted octanol–water partition coefficient (Wildman–Crippen LogP) is 2.53. The molecule has 0 unspecified atom stereocenters. The number of halogens is 1. The van der Waals surface area contributed by atoms with Gasteiger partial charge in [0.2, 0.25) is 11.5 Å². The zero-order valence-electron chi connectivity index (χ0n) is 14.7. The number of rotatable bonds is 8. The van der Waals surface area contributed by atoms with Gasteiger partial charge in [0.05, 0.1) is 10.7 Å². The lowest BCUT2D eigenvalue weighted by atomic mass is 10.1. The normalized spacial score (nSPS) is 10.7. The van der Waals surface area contributed by atoms with Gasteiger partial charge in [-0.25, -0.2) is 4.98 Å². The van der Waals surface area contributed by atoms with Gasteiger partial charge in [0, 0.05) is 43.2 Å². The zero-order chi connectivity index (χ0) is 19.1. The number of aryl methyl sites for hydroxylation is 1. The van der Waals surface area contributed by atoms with Crippen molar-refractivity contribution in [2.75, 3.05) is 11.9 Å². The number of H-pyrrole nitrogens is 2. The van der Waals surface area contributed by atoms with Crippen LogP contribution in [0.15, 0.2) is 52.4 Å². The van der Waals surface area contributed by atoms with Crippen LogP contribution in [0.5, 0.6) is 0 Å². The molecule has 3 N–H and O–H groups in total. The monoisotopic (exact) mass is 385 g/mol. The summed E-state index contributed by atoms with van der Waals surface area (Å²) in [7, 11) is 0. The van der Waals surface area contributed by atoms with E-state index in [0.717, 1.165) is 30.5 Å². The number of aromatic nitrogens is 4. The van der Waals surface area contributed by atoms with E-state index in [1.165, 1.54) is 12.3 Å². The number of pyridine rings is 2. The van der Waals surface area contributed by atoms with Crippen LogP contribution in [-0.2, 0) is 12.8 Å². The molecule has 140 valence electrons. The Balaban J connectivity index is 1.48. The first-order valence-electron chi connectivity index (χ1n) is 8.71. The van der Waals surface area contributed by atoms with Crippen LogP contribution < -0.4 is 16.4 Å². The van der Waals surface area contributed by atoms with Gasteiger partial charge in [0.25, 0.3) is 5.56 Å². The van der Waals surface area contributed by atoms with E-state index in [1.807, 2.05) is 12.1 Å². The SMILES string of the molecule is O=c1cc(Cc2cnc(NCCCCc3ncccc3Cl)[nH]c2=O)cc[nH]1. The van der Waals surface area contributed by atoms with Crippen LogP contribution in [0.2, 0.25) is 5.02 Å². The molecule has 27 heavy (non-hydrogen) atoms. The molecule has 0 saturated heterocycles. The molecular formula is C19H20ClN5O2. The smallest absolute Gasteiger partial charge is 0.255 e. The fourth-order valence-corrected chi connectivity index (χ4v) is 2.90. The third kappa shape index (κ3) is 5.52. The number of nitrogens with one attached hydrogen (secondary N) is 3. The molecule has 3 aromatic heterocycles. The maximum Gasteiger partial charge on any atom is 0.255 e. The molecule has 0 radical (unpaired) electrons. The highest BCUT2D eigenvalue weighted by atomic mass is 35.5. The summed E-state index contributed by atoms with van der Waals surface area (Å²) >= 11 is 6.08. The van der Waals surface area contributed by atoms with Gasteiger partial charge in [-0.05, 0) is 43.0 Å². The first-order valence-corrected chi connectivity index (χ1v) is 9.09. The van der Waals surface area contributed by atoms with Gasteiger partial charge >= 0.3 is 0 Å². The topological polar surface area (TPSA) is 104 Å². The molecule has 3 rings (SSSR count). The summed E-state index contributed by atoms with van der Waals surface area (Å²) in [6, 6.07) is 6.89. The molecule has 0 fully saturated rings. The Kier molecular flexibility index (Phi) is 6.38. The second-order valence-corrected chi connectivity index (χ2v) is 6.55. The minimum atomic E-state index is -0.215. The van der Waals surface area contributed by atoms with Gasteiger partial charge in [0.15, 0.2) is 0 Å². The van der Waals surface area contributed by atoms with Crippen molar-refractivity contribution in [3.05, 3.63) is 85.4 Å². The second kappa shape index (κ2) is 9.14. The number of hydrogen-bond donors (Lipinski definition) is 3. The van der Waals surface area contributed by atoms with Crippen molar-refractivity contribution in [2.24, 2.45) is 0 Å². The van der Waals surface area contributed by atoms with Crippen LogP contribution in [0.3, 0.4) is 0 Å². The highest BCUT2D eigenvalue weighted by Crippen LogP contribution is 2.14. The molecule has 8 heteroatoms. The van der Waals surface area contributed by atoms with Gasteiger partial charge in [0.1, 0.15) is 0 Å². The summed E-state index contributed by atoms with van der Waals surface area (Å²) in [6.07, 6.45) is 7.82. The molecule has 0 aliphatic carbocycles. The quantitative estimate of drug-likeness (QED) is 0.517. The fourth-order valence-electron chi connectivity index (χ4n) is 2.68. The lowest BCUT2D eigenvalue weighted by Gasteiger charge is -2.07. The van der Waals surface area contributed by atoms with E-state index in [9.17, 15) is 9.59 Å². The molecule has 0 atom stereocenters. The summed E-state index contributed by atoms with van der Waals surface area (Å²) in [5.41, 5.74) is 1.76. The van der Waals surface area contributed by atoms with Gasteiger partial charge in [-0.3, -0.25) is 19.6 Å². The standard InChI is InChI=1S/C19H20ClN5O2/c20-15-4-3-8-21-16(15)5-1-2-7-23-19-24-12-14(18(27)25-19)10-13-6-9-22-17(26)11-13/h3-4,6,8-9,11-12H,1-2,5,7,10H2,(H,22,26)(H2,23,24,25,27). The molecule has 3 aromatic rings. The third-order valence-electron chi connectivity index (χ3n) is 4.07. The van der Waals surface area contributed by atoms with E-state index < -0.39 is 0 Å². The maximum atomic E-state index is 12.2. The Morgan fingerprint density at radius 3 is 2.81 bits per heavy atom. The van der Waals surface area contributed by atoms with Gasteiger partial charge < -0.3 is 10.3 Å². The molecular weight excluding hydrogens is 366 g/mol. The van der Waals surface area contributed by atoms with Crippen molar-refractivity contribution in [2.45, 2.75) is 25.7 Å². The summed E-state index contributed by atoms with van der Waals surface area (Å²) in [5.74, 6) is 0.436. The van der Waals surface area contributed by atoms with Crippen molar-refractivity contribution in [1.29, 1.82) is 0 Å². The fraction of sp³-hybridized carbons (Fsp3) is 0.263. The minimum absolute atomic E-state index is 0.192. The van der Waals surface area contributed by atoms with Crippen molar-refractivity contribution in [3.63, 3.8) is 0 Å². The Morgan fingerprint density at radius 2 is 2.04 bits per heavy atom. The van der Waals surface area contributed by atoms with Crippen LogP contribution in [0.25, 0.3) is 0 Å². The van der Waals surface area contributed by atoms with Crippen LogP contribution in [0, 0.1) is 0 Å². The molecule has 0 bridgehead atoms. The molecule has 7 nitrogen and oxygen atoms in total. The Morgan fingerprint density at radius 1 is 1.15 bits per heavy atom. The Bertz CT molecular complexity index is 1010. The van der Waals surface area contributed by atoms with E-state index in [2.05, 4.69) is 25.3 Å². The predicted molar refractivity (Wildman–Crippen MR) is 105 cm³/mol. The highest BCUT2D eigenvalue weighted by molar-refractivity contribution is 6.31. The molecule has 0 aromatic carbocycles. The first kappa shape index (κ1) is 18.8. The average molecular weight is 386 g/mol. The second-order valence-electron chi connectivity index (χ2n) is 6.14. The van der Waals surface area contributed by atoms with Crippen molar-refractivity contribution < 1.29 is 0 Å². The highest BCUT2D eigenvalue weighted by Gasteiger charge is 2.05. The van der Waals surface area contributed by atoms with E-state index >= 15 is 0 Å². The number of nitrogens with zero attached hydrogens (tertiary/aromatic N) is 2. The van der Waals surface area contributed by atoms with E-state index in [0.29, 0.717) is 29.5 Å². The molecule has 0 amide bonds. The molecule has 0 aliphatic heterocycles. The first-order chi connectivity index (χ1) is 13.1. The zero-order valence-corrected chi connectivity index (χ0v) is 15.4. The summed E-state index contributed by atoms with van der Waals surface area (Å²) in [4.78, 5) is 37.3. The van der Waals surface area contributed by atoms with E-state index in [4.69, 9.17) is 11.6 Å². The van der Waals surface area contributed by atoms with Crippen molar-refractivity contribution in [3.8, 4) is 0 Å². The Labute approximate surface area is 160 Å². The molecule has 0 spiro atoms. The van der Waals surface area contributed by atoms with Gasteiger partial charge in [-0.15, -0.1) is 0 Å². The van der Waals surface area contributed by atoms with Crippen molar-refractivity contribution >= 4 is 17.5 Å². The molecule has 3 heterocycles. The van der Waals surface area contributed by atoms with Gasteiger partial charge in [-0.1, -0.05) is 11.6 Å². The summed E-state index contributed by atoms with van der Waals surface area (Å²) in [5, 5.41) is 3.80. The van der Waals surface area contributed by atoms with E-state index in [-0.39, 0.29) is 11.1 Å². The molecule has 0 aliphatic rings. The number of hydrogen-bond acceptors (Lipinski definition) is 5. The summed E-state index contributed by atoms with van der Waals surface area (Å²) < 4.78 is 0. The lowest BCUT2D eigenvalue weighted by Crippen LogP contribution is -2.18. The van der Waals surface area contributed by atoms with Gasteiger partial charge in [-0.2, -0.15) is 0 Å². The lowest BCUT2D eigenvalue weighted by molar-refractivity contribution is 0.745. The largest absolute Gasteiger partial charge is 0.356 e. The third-order valence-corrected chi connectivity index (χ3v) is 4.42. The number of unbranched alkanes of at least 4 members (excludes halogenated alkanes) is 1.